The minimum atomic E-state index is -0.165. The van der Waals surface area contributed by atoms with E-state index >= 15 is 0 Å². The summed E-state index contributed by atoms with van der Waals surface area (Å²) in [6.07, 6.45) is 4.41. The molecule has 1 aromatic carbocycles. The molecule has 2 saturated heterocycles. The number of amides is 1. The average molecular weight is 372 g/mol. The number of aromatic hydroxyl groups is 1. The zero-order valence-corrected chi connectivity index (χ0v) is 12.7. The molecule has 2 atom stereocenters. The van der Waals surface area contributed by atoms with Gasteiger partial charge in [-0.1, -0.05) is 0 Å². The van der Waals surface area contributed by atoms with Gasteiger partial charge in [0, 0.05) is 21.7 Å². The van der Waals surface area contributed by atoms with Gasteiger partial charge in [0.25, 0.3) is 5.91 Å². The van der Waals surface area contributed by atoms with Crippen molar-refractivity contribution in [2.75, 3.05) is 0 Å². The highest BCUT2D eigenvalue weighted by atomic mass is 127. The Morgan fingerprint density at radius 3 is 2.68 bits per heavy atom. The molecular formula is C14H17IN2O2. The summed E-state index contributed by atoms with van der Waals surface area (Å²) in [5, 5.41) is 16.4. The fourth-order valence-corrected chi connectivity index (χ4v) is 3.62. The molecule has 2 heterocycles. The maximum absolute atomic E-state index is 12.2. The Bertz CT molecular complexity index is 494. The molecule has 1 aromatic rings. The standard InChI is InChI=1S/C14H17IN2O2/c15-8-1-4-13(18)12(5-8)14(19)17-11-6-9-2-3-10(7-11)16-9/h1,4-5,9-11,16,18H,2-3,6-7H2,(H,17,19). The van der Waals surface area contributed by atoms with E-state index in [1.54, 1.807) is 18.2 Å². The van der Waals surface area contributed by atoms with Crippen LogP contribution < -0.4 is 10.6 Å². The molecule has 19 heavy (non-hydrogen) atoms. The summed E-state index contributed by atoms with van der Waals surface area (Å²) in [6.45, 7) is 0. The molecule has 2 unspecified atom stereocenters. The molecule has 2 bridgehead atoms. The number of carbonyl (C=O) groups is 1. The van der Waals surface area contributed by atoms with Crippen LogP contribution in [0, 0.1) is 3.57 Å². The highest BCUT2D eigenvalue weighted by molar-refractivity contribution is 14.1. The summed E-state index contributed by atoms with van der Waals surface area (Å²) in [7, 11) is 0. The number of rotatable bonds is 2. The first-order chi connectivity index (χ1) is 9.11. The third-order valence-corrected chi connectivity index (χ3v) is 4.68. The maximum Gasteiger partial charge on any atom is 0.255 e. The lowest BCUT2D eigenvalue weighted by Crippen LogP contribution is -2.48. The highest BCUT2D eigenvalue weighted by Crippen LogP contribution is 2.27. The number of phenols is 1. The van der Waals surface area contributed by atoms with Crippen LogP contribution in [0.4, 0.5) is 0 Å². The Balaban J connectivity index is 1.69. The Labute approximate surface area is 126 Å². The first-order valence-electron chi connectivity index (χ1n) is 6.67. The van der Waals surface area contributed by atoms with Gasteiger partial charge in [-0.05, 0) is 66.5 Å². The normalized spacial score (nSPS) is 29.2. The highest BCUT2D eigenvalue weighted by Gasteiger charge is 2.34. The van der Waals surface area contributed by atoms with Crippen LogP contribution in [0.2, 0.25) is 0 Å². The summed E-state index contributed by atoms with van der Waals surface area (Å²) in [5.74, 6) is -0.114. The topological polar surface area (TPSA) is 61.4 Å². The van der Waals surface area contributed by atoms with Crippen molar-refractivity contribution in [1.82, 2.24) is 10.6 Å². The van der Waals surface area contributed by atoms with Crippen molar-refractivity contribution in [2.45, 2.75) is 43.8 Å². The molecule has 2 aliphatic heterocycles. The maximum atomic E-state index is 12.2. The Kier molecular flexibility index (Phi) is 3.66. The zero-order valence-electron chi connectivity index (χ0n) is 10.5. The zero-order chi connectivity index (χ0) is 13.4. The molecule has 102 valence electrons. The van der Waals surface area contributed by atoms with Gasteiger partial charge in [0.1, 0.15) is 5.75 Å². The van der Waals surface area contributed by atoms with Crippen molar-refractivity contribution >= 4 is 28.5 Å². The van der Waals surface area contributed by atoms with Crippen LogP contribution in [0.3, 0.4) is 0 Å². The van der Waals surface area contributed by atoms with Gasteiger partial charge in [-0.2, -0.15) is 0 Å². The van der Waals surface area contributed by atoms with Crippen molar-refractivity contribution in [1.29, 1.82) is 0 Å². The van der Waals surface area contributed by atoms with Gasteiger partial charge in [-0.3, -0.25) is 4.79 Å². The molecule has 2 fully saturated rings. The van der Waals surface area contributed by atoms with Gasteiger partial charge in [-0.15, -0.1) is 0 Å². The molecular weight excluding hydrogens is 355 g/mol. The lowest BCUT2D eigenvalue weighted by Gasteiger charge is -2.29. The monoisotopic (exact) mass is 372 g/mol. The molecule has 0 aliphatic carbocycles. The molecule has 0 aromatic heterocycles. The van der Waals surface area contributed by atoms with Crippen LogP contribution in [0.25, 0.3) is 0 Å². The molecule has 0 spiro atoms. The molecule has 4 nitrogen and oxygen atoms in total. The van der Waals surface area contributed by atoms with Crippen LogP contribution >= 0.6 is 22.6 Å². The van der Waals surface area contributed by atoms with Gasteiger partial charge in [0.05, 0.1) is 5.56 Å². The number of fused-ring (bicyclic) bond motifs is 2. The largest absolute Gasteiger partial charge is 0.507 e. The van der Waals surface area contributed by atoms with E-state index in [1.165, 1.54) is 12.8 Å². The number of phenolic OH excluding ortho intramolecular Hbond substituents is 1. The van der Waals surface area contributed by atoms with Crippen molar-refractivity contribution in [3.63, 3.8) is 0 Å². The fourth-order valence-electron chi connectivity index (χ4n) is 3.13. The van der Waals surface area contributed by atoms with Crippen LogP contribution in [0.1, 0.15) is 36.0 Å². The Morgan fingerprint density at radius 1 is 1.32 bits per heavy atom. The molecule has 1 amide bonds. The van der Waals surface area contributed by atoms with Crippen molar-refractivity contribution in [2.24, 2.45) is 0 Å². The predicted octanol–water partition coefficient (Wildman–Crippen LogP) is 2.01. The number of hydrogen-bond donors (Lipinski definition) is 3. The smallest absolute Gasteiger partial charge is 0.255 e. The van der Waals surface area contributed by atoms with E-state index in [0.717, 1.165) is 16.4 Å². The van der Waals surface area contributed by atoms with Crippen molar-refractivity contribution in [3.8, 4) is 5.75 Å². The van der Waals surface area contributed by atoms with E-state index in [2.05, 4.69) is 33.2 Å². The van der Waals surface area contributed by atoms with Crippen LogP contribution in [-0.2, 0) is 0 Å². The van der Waals surface area contributed by atoms with E-state index in [4.69, 9.17) is 0 Å². The third kappa shape index (κ3) is 2.86. The minimum Gasteiger partial charge on any atom is -0.507 e. The van der Waals surface area contributed by atoms with E-state index in [9.17, 15) is 9.90 Å². The lowest BCUT2D eigenvalue weighted by molar-refractivity contribution is 0.0921. The number of piperidine rings is 1. The van der Waals surface area contributed by atoms with Crippen LogP contribution in [-0.4, -0.2) is 29.1 Å². The van der Waals surface area contributed by atoms with Crippen LogP contribution in [0.5, 0.6) is 5.75 Å². The number of carbonyl (C=O) groups excluding carboxylic acids is 1. The second-order valence-electron chi connectivity index (χ2n) is 5.44. The number of hydrogen-bond acceptors (Lipinski definition) is 3. The molecule has 3 N–H and O–H groups in total. The SMILES string of the molecule is O=C(NC1CC2CCC(C1)N2)c1cc(I)ccc1O. The first kappa shape index (κ1) is 13.2. The minimum absolute atomic E-state index is 0.0508. The van der Waals surface area contributed by atoms with E-state index in [-0.39, 0.29) is 17.7 Å². The molecule has 0 saturated carbocycles. The van der Waals surface area contributed by atoms with Gasteiger partial charge in [0.15, 0.2) is 0 Å². The fraction of sp³-hybridized carbons (Fsp3) is 0.500. The lowest BCUT2D eigenvalue weighted by atomic mass is 9.99. The van der Waals surface area contributed by atoms with Crippen LogP contribution in [0.15, 0.2) is 18.2 Å². The summed E-state index contributed by atoms with van der Waals surface area (Å²) >= 11 is 2.14. The van der Waals surface area contributed by atoms with E-state index in [0.29, 0.717) is 17.6 Å². The molecule has 2 aliphatic rings. The third-order valence-electron chi connectivity index (χ3n) is 4.01. The second-order valence-corrected chi connectivity index (χ2v) is 6.69. The molecule has 0 radical (unpaired) electrons. The summed E-state index contributed by atoms with van der Waals surface area (Å²) in [4.78, 5) is 12.2. The Hall–Kier alpha value is -0.820. The second kappa shape index (κ2) is 5.28. The predicted molar refractivity (Wildman–Crippen MR) is 81.3 cm³/mol. The summed E-state index contributed by atoms with van der Waals surface area (Å²) < 4.78 is 0.950. The average Bonchev–Trinajstić information content (AvgIpc) is 2.71. The molecule has 5 heteroatoms. The number of nitrogens with one attached hydrogen (secondary N) is 2. The quantitative estimate of drug-likeness (QED) is 0.697. The van der Waals surface area contributed by atoms with E-state index < -0.39 is 0 Å². The number of halogens is 1. The molecule has 3 rings (SSSR count). The van der Waals surface area contributed by atoms with Crippen molar-refractivity contribution in [3.05, 3.63) is 27.3 Å². The Morgan fingerprint density at radius 2 is 2.00 bits per heavy atom. The van der Waals surface area contributed by atoms with Gasteiger partial charge < -0.3 is 15.7 Å². The summed E-state index contributed by atoms with van der Waals surface area (Å²) in [6, 6.07) is 6.41. The van der Waals surface area contributed by atoms with Gasteiger partial charge >= 0.3 is 0 Å². The van der Waals surface area contributed by atoms with Gasteiger partial charge in [0.2, 0.25) is 0 Å². The number of benzene rings is 1. The van der Waals surface area contributed by atoms with Crippen molar-refractivity contribution < 1.29 is 9.90 Å². The first-order valence-corrected chi connectivity index (χ1v) is 7.75. The van der Waals surface area contributed by atoms with Gasteiger partial charge in [-0.25, -0.2) is 0 Å². The van der Waals surface area contributed by atoms with E-state index in [1.807, 2.05) is 0 Å². The summed E-state index contributed by atoms with van der Waals surface area (Å²) in [5.41, 5.74) is 0.373.